The van der Waals surface area contributed by atoms with Crippen LogP contribution in [-0.2, 0) is 4.84 Å². The normalized spacial score (nSPS) is 10.6. The van der Waals surface area contributed by atoms with Gasteiger partial charge in [-0.25, -0.2) is 5.06 Å². The monoisotopic (exact) mass is 276 g/mol. The van der Waals surface area contributed by atoms with Gasteiger partial charge in [0.2, 0.25) is 0 Å². The molecule has 0 fully saturated rings. The molecule has 0 atom stereocenters. The predicted octanol–water partition coefficient (Wildman–Crippen LogP) is 1.00. The Hall–Kier alpha value is -2.34. The summed E-state index contributed by atoms with van der Waals surface area (Å²) in [4.78, 5) is 34.4. The van der Waals surface area contributed by atoms with Crippen LogP contribution in [0.5, 0.6) is 0 Å². The summed E-state index contributed by atoms with van der Waals surface area (Å²) < 4.78 is 0.972. The lowest BCUT2D eigenvalue weighted by Crippen LogP contribution is -2.35. The molecule has 1 amide bonds. The van der Waals surface area contributed by atoms with E-state index >= 15 is 0 Å². The summed E-state index contributed by atoms with van der Waals surface area (Å²) in [7, 11) is 4.18. The van der Waals surface area contributed by atoms with Crippen LogP contribution < -0.4 is 10.4 Å². The molecule has 1 aromatic carbocycles. The largest absolute Gasteiger partial charge is 0.413 e. The molecule has 2 rings (SSSR count). The van der Waals surface area contributed by atoms with Crippen molar-refractivity contribution in [1.29, 1.82) is 0 Å². The number of pyridine rings is 1. The molecule has 0 saturated heterocycles. The molecular formula is C14H16N2O4. The molecule has 0 unspecified atom stereocenters. The van der Waals surface area contributed by atoms with Gasteiger partial charge in [-0.1, -0.05) is 17.7 Å². The Morgan fingerprint density at radius 3 is 2.55 bits per heavy atom. The molecule has 0 N–H and O–H groups in total. The highest BCUT2D eigenvalue weighted by Gasteiger charge is 2.19. The lowest BCUT2D eigenvalue weighted by molar-refractivity contribution is -0.0774. The lowest BCUT2D eigenvalue weighted by Gasteiger charge is -2.17. The number of benzene rings is 1. The van der Waals surface area contributed by atoms with Crippen molar-refractivity contribution in [3.05, 3.63) is 45.9 Å². The topological polar surface area (TPSA) is 60.8 Å². The summed E-state index contributed by atoms with van der Waals surface area (Å²) >= 11 is 0. The van der Waals surface area contributed by atoms with Crippen molar-refractivity contribution in [1.82, 2.24) is 9.79 Å². The average molecular weight is 276 g/mol. The third-order valence-corrected chi connectivity index (χ3v) is 3.10. The third kappa shape index (κ3) is 2.25. The summed E-state index contributed by atoms with van der Waals surface area (Å²) in [6.07, 6.45) is 0. The molecule has 6 nitrogen and oxygen atoms in total. The van der Waals surface area contributed by atoms with Crippen LogP contribution in [0.4, 0.5) is 0 Å². The van der Waals surface area contributed by atoms with Gasteiger partial charge in [0.25, 0.3) is 11.5 Å². The second-order valence-electron chi connectivity index (χ2n) is 4.39. The molecule has 0 saturated carbocycles. The summed E-state index contributed by atoms with van der Waals surface area (Å²) in [5.41, 5.74) is 0.699. The van der Waals surface area contributed by atoms with Gasteiger partial charge in [0.05, 0.1) is 12.5 Å². The number of rotatable bonds is 3. The van der Waals surface area contributed by atoms with E-state index in [4.69, 9.17) is 9.68 Å². The van der Waals surface area contributed by atoms with E-state index in [-0.39, 0.29) is 11.3 Å². The number of aromatic nitrogens is 1. The van der Waals surface area contributed by atoms with E-state index in [2.05, 4.69) is 0 Å². The fourth-order valence-electron chi connectivity index (χ4n) is 1.98. The quantitative estimate of drug-likeness (QED) is 0.785. The summed E-state index contributed by atoms with van der Waals surface area (Å²) in [5.74, 6) is -0.464. The number of carbonyl (C=O) groups is 1. The maximum Gasteiger partial charge on any atom is 0.297 e. The molecule has 0 bridgehead atoms. The van der Waals surface area contributed by atoms with E-state index in [0.717, 1.165) is 15.4 Å². The standard InChI is InChI=1S/C14H16N2O4/c1-9-5-6-10-8-12(14(18)15(2)19-3)16(20-4)13(17)11(10)7-9/h5-8H,1-4H3. The number of hydrogen-bond donors (Lipinski definition) is 0. The predicted molar refractivity (Wildman–Crippen MR) is 74.6 cm³/mol. The Morgan fingerprint density at radius 2 is 1.95 bits per heavy atom. The minimum absolute atomic E-state index is 0.109. The zero-order valence-electron chi connectivity index (χ0n) is 11.8. The fourth-order valence-corrected chi connectivity index (χ4v) is 1.98. The van der Waals surface area contributed by atoms with Crippen molar-refractivity contribution >= 4 is 16.7 Å². The van der Waals surface area contributed by atoms with Crippen LogP contribution in [-0.4, -0.2) is 37.0 Å². The first kappa shape index (κ1) is 14.1. The van der Waals surface area contributed by atoms with Crippen molar-refractivity contribution in [2.24, 2.45) is 0 Å². The molecule has 0 aliphatic rings. The molecule has 1 heterocycles. The van der Waals surface area contributed by atoms with Crippen molar-refractivity contribution < 1.29 is 14.5 Å². The van der Waals surface area contributed by atoms with Crippen molar-refractivity contribution in [2.45, 2.75) is 6.92 Å². The van der Waals surface area contributed by atoms with Crippen LogP contribution in [0.2, 0.25) is 0 Å². The molecule has 0 radical (unpaired) electrons. The molecule has 0 aliphatic heterocycles. The molecule has 0 spiro atoms. The Balaban J connectivity index is 2.76. The van der Waals surface area contributed by atoms with Gasteiger partial charge in [0.15, 0.2) is 5.69 Å². The SMILES string of the molecule is CON(C)C(=O)c1cc2ccc(C)cc2c(=O)n1OC. The number of aryl methyl sites for hydroxylation is 1. The molecule has 6 heteroatoms. The maximum atomic E-state index is 12.4. The lowest BCUT2D eigenvalue weighted by atomic mass is 10.1. The van der Waals surface area contributed by atoms with Crippen LogP contribution in [0.15, 0.2) is 29.1 Å². The summed E-state index contributed by atoms with van der Waals surface area (Å²) in [6.45, 7) is 1.90. The van der Waals surface area contributed by atoms with Gasteiger partial charge >= 0.3 is 0 Å². The minimum Gasteiger partial charge on any atom is -0.413 e. The number of amides is 1. The number of carbonyl (C=O) groups excluding carboxylic acids is 1. The number of fused-ring (bicyclic) bond motifs is 1. The van der Waals surface area contributed by atoms with Crippen LogP contribution >= 0.6 is 0 Å². The van der Waals surface area contributed by atoms with E-state index < -0.39 is 5.91 Å². The fraction of sp³-hybridized carbons (Fsp3) is 0.286. The number of hydroxylamine groups is 2. The second-order valence-corrected chi connectivity index (χ2v) is 4.39. The summed E-state index contributed by atoms with van der Waals surface area (Å²) in [5, 5.41) is 2.22. The Labute approximate surface area is 116 Å². The van der Waals surface area contributed by atoms with Crippen molar-refractivity contribution in [3.8, 4) is 0 Å². The smallest absolute Gasteiger partial charge is 0.297 e. The van der Waals surface area contributed by atoms with E-state index in [0.29, 0.717) is 10.8 Å². The highest BCUT2D eigenvalue weighted by molar-refractivity contribution is 5.96. The molecular weight excluding hydrogens is 260 g/mol. The highest BCUT2D eigenvalue weighted by atomic mass is 16.7. The van der Waals surface area contributed by atoms with Crippen LogP contribution in [0, 0.1) is 6.92 Å². The number of nitrogens with zero attached hydrogens (tertiary/aromatic N) is 2. The zero-order chi connectivity index (χ0) is 14.9. The van der Waals surface area contributed by atoms with Gasteiger partial charge in [-0.3, -0.25) is 14.4 Å². The van der Waals surface area contributed by atoms with E-state index in [9.17, 15) is 9.59 Å². The van der Waals surface area contributed by atoms with Gasteiger partial charge in [-0.2, -0.15) is 0 Å². The minimum atomic E-state index is -0.464. The Bertz CT molecular complexity index is 721. The third-order valence-electron chi connectivity index (χ3n) is 3.10. The highest BCUT2D eigenvalue weighted by Crippen LogP contribution is 2.15. The van der Waals surface area contributed by atoms with E-state index in [1.165, 1.54) is 21.3 Å². The van der Waals surface area contributed by atoms with Crippen molar-refractivity contribution in [3.63, 3.8) is 0 Å². The van der Waals surface area contributed by atoms with Crippen LogP contribution in [0.1, 0.15) is 16.1 Å². The Morgan fingerprint density at radius 1 is 1.25 bits per heavy atom. The van der Waals surface area contributed by atoms with E-state index in [1.807, 2.05) is 13.0 Å². The molecule has 20 heavy (non-hydrogen) atoms. The van der Waals surface area contributed by atoms with Crippen LogP contribution in [0.3, 0.4) is 0 Å². The average Bonchev–Trinajstić information content (AvgIpc) is 2.46. The zero-order valence-corrected chi connectivity index (χ0v) is 11.8. The first-order valence-corrected chi connectivity index (χ1v) is 6.02. The Kier molecular flexibility index (Phi) is 3.76. The number of hydrogen-bond acceptors (Lipinski definition) is 4. The van der Waals surface area contributed by atoms with Gasteiger partial charge in [0.1, 0.15) is 7.11 Å². The van der Waals surface area contributed by atoms with E-state index in [1.54, 1.807) is 18.2 Å². The maximum absolute atomic E-state index is 12.4. The molecule has 106 valence electrons. The molecule has 0 aliphatic carbocycles. The van der Waals surface area contributed by atoms with Gasteiger partial charge in [-0.15, -0.1) is 4.73 Å². The first-order chi connectivity index (χ1) is 9.49. The molecule has 2 aromatic rings. The van der Waals surface area contributed by atoms with Gasteiger partial charge in [0, 0.05) is 7.05 Å². The van der Waals surface area contributed by atoms with Gasteiger partial charge < -0.3 is 4.84 Å². The van der Waals surface area contributed by atoms with Crippen molar-refractivity contribution in [2.75, 3.05) is 21.3 Å². The first-order valence-electron chi connectivity index (χ1n) is 6.02. The summed E-state index contributed by atoms with van der Waals surface area (Å²) in [6, 6.07) is 7.06. The van der Waals surface area contributed by atoms with Crippen LogP contribution in [0.25, 0.3) is 10.8 Å². The second kappa shape index (κ2) is 5.34. The van der Waals surface area contributed by atoms with Gasteiger partial charge in [-0.05, 0) is 24.4 Å². The molecule has 1 aromatic heterocycles.